The molecule has 13 heavy (non-hydrogen) atoms. The third-order valence-electron chi connectivity index (χ3n) is 1.65. The SMILES string of the molecule is O=Cc1cc(CCl)cc(O)c1C=O. The molecule has 0 saturated heterocycles. The van der Waals surface area contributed by atoms with Gasteiger partial charge in [-0.05, 0) is 17.7 Å². The number of aldehydes is 2. The second-order valence-corrected chi connectivity index (χ2v) is 2.75. The summed E-state index contributed by atoms with van der Waals surface area (Å²) in [5.74, 6) is -0.0247. The highest BCUT2D eigenvalue weighted by molar-refractivity contribution is 6.17. The van der Waals surface area contributed by atoms with Crippen molar-refractivity contribution in [2.24, 2.45) is 0 Å². The lowest BCUT2D eigenvalue weighted by atomic mass is 10.1. The lowest BCUT2D eigenvalue weighted by Gasteiger charge is -2.03. The van der Waals surface area contributed by atoms with Crippen molar-refractivity contribution in [3.8, 4) is 5.75 Å². The van der Waals surface area contributed by atoms with Gasteiger partial charge in [-0.25, -0.2) is 0 Å². The van der Waals surface area contributed by atoms with Crippen LogP contribution >= 0.6 is 11.6 Å². The van der Waals surface area contributed by atoms with Crippen molar-refractivity contribution < 1.29 is 14.7 Å². The number of carbonyl (C=O) groups excluding carboxylic acids is 2. The van der Waals surface area contributed by atoms with Crippen LogP contribution in [-0.2, 0) is 5.88 Å². The molecule has 0 unspecified atom stereocenters. The number of phenolic OH excluding ortho intramolecular Hbond substituents is 1. The molecule has 1 aromatic carbocycles. The van der Waals surface area contributed by atoms with E-state index in [1.165, 1.54) is 12.1 Å². The molecule has 0 fully saturated rings. The minimum Gasteiger partial charge on any atom is -0.507 e. The Morgan fingerprint density at radius 2 is 2.00 bits per heavy atom. The molecule has 0 atom stereocenters. The summed E-state index contributed by atoms with van der Waals surface area (Å²) in [6, 6.07) is 2.84. The quantitative estimate of drug-likeness (QED) is 0.595. The summed E-state index contributed by atoms with van der Waals surface area (Å²) in [7, 11) is 0. The maximum Gasteiger partial charge on any atom is 0.154 e. The number of benzene rings is 1. The Morgan fingerprint density at radius 1 is 1.31 bits per heavy atom. The number of halogens is 1. The third-order valence-corrected chi connectivity index (χ3v) is 1.96. The van der Waals surface area contributed by atoms with Crippen LogP contribution in [0.3, 0.4) is 0 Å². The number of carbonyl (C=O) groups is 2. The minimum absolute atomic E-state index is 0.00358. The molecule has 0 aliphatic rings. The molecule has 0 aliphatic heterocycles. The molecule has 0 aliphatic carbocycles. The van der Waals surface area contributed by atoms with Gasteiger partial charge in [-0.15, -0.1) is 11.6 Å². The highest BCUT2D eigenvalue weighted by Crippen LogP contribution is 2.21. The van der Waals surface area contributed by atoms with Crippen LogP contribution in [-0.4, -0.2) is 17.7 Å². The van der Waals surface area contributed by atoms with Crippen LogP contribution in [0, 0.1) is 0 Å². The summed E-state index contributed by atoms with van der Waals surface area (Å²) >= 11 is 5.51. The van der Waals surface area contributed by atoms with E-state index in [0.29, 0.717) is 18.1 Å². The van der Waals surface area contributed by atoms with Gasteiger partial charge in [0.15, 0.2) is 12.6 Å². The van der Waals surface area contributed by atoms with Crippen LogP contribution in [0.25, 0.3) is 0 Å². The zero-order valence-electron chi connectivity index (χ0n) is 6.66. The summed E-state index contributed by atoms with van der Waals surface area (Å²) in [4.78, 5) is 20.9. The molecule has 0 spiro atoms. The van der Waals surface area contributed by atoms with Crippen LogP contribution in [0.2, 0.25) is 0 Å². The van der Waals surface area contributed by atoms with E-state index in [9.17, 15) is 14.7 Å². The van der Waals surface area contributed by atoms with Gasteiger partial charge in [0.05, 0.1) is 5.56 Å². The smallest absolute Gasteiger partial charge is 0.154 e. The average Bonchev–Trinajstić information content (AvgIpc) is 2.16. The molecule has 0 radical (unpaired) electrons. The summed E-state index contributed by atoms with van der Waals surface area (Å²) in [5.41, 5.74) is 0.765. The standard InChI is InChI=1S/C9H7ClO3/c10-3-6-1-7(4-11)8(5-12)9(13)2-6/h1-2,4-5,13H,3H2. The average molecular weight is 199 g/mol. The van der Waals surface area contributed by atoms with E-state index >= 15 is 0 Å². The summed E-state index contributed by atoms with van der Waals surface area (Å²) in [6.45, 7) is 0. The van der Waals surface area contributed by atoms with E-state index < -0.39 is 0 Å². The van der Waals surface area contributed by atoms with Gasteiger partial charge in [0.2, 0.25) is 0 Å². The first-order chi connectivity index (χ1) is 6.22. The van der Waals surface area contributed by atoms with Crippen LogP contribution in [0.1, 0.15) is 26.3 Å². The zero-order valence-corrected chi connectivity index (χ0v) is 7.41. The van der Waals surface area contributed by atoms with Crippen molar-refractivity contribution in [3.63, 3.8) is 0 Å². The maximum atomic E-state index is 10.5. The molecule has 0 amide bonds. The van der Waals surface area contributed by atoms with Gasteiger partial charge in [-0.3, -0.25) is 9.59 Å². The molecule has 0 saturated carbocycles. The Balaban J connectivity index is 3.36. The van der Waals surface area contributed by atoms with E-state index in [-0.39, 0.29) is 22.8 Å². The van der Waals surface area contributed by atoms with Crippen molar-refractivity contribution in [1.82, 2.24) is 0 Å². The molecule has 0 bridgehead atoms. The van der Waals surface area contributed by atoms with E-state index in [0.717, 1.165) is 0 Å². The van der Waals surface area contributed by atoms with Crippen LogP contribution in [0.5, 0.6) is 5.75 Å². The second kappa shape index (κ2) is 4.05. The number of hydrogen-bond donors (Lipinski definition) is 1. The number of rotatable bonds is 3. The van der Waals surface area contributed by atoms with Crippen molar-refractivity contribution in [2.75, 3.05) is 0 Å². The van der Waals surface area contributed by atoms with Gasteiger partial charge < -0.3 is 5.11 Å². The lowest BCUT2D eigenvalue weighted by molar-refractivity contribution is 0.109. The first kappa shape index (κ1) is 9.74. The van der Waals surface area contributed by atoms with Crippen molar-refractivity contribution in [1.29, 1.82) is 0 Å². The van der Waals surface area contributed by atoms with Gasteiger partial charge in [0, 0.05) is 11.4 Å². The van der Waals surface area contributed by atoms with Crippen LogP contribution in [0.15, 0.2) is 12.1 Å². The molecule has 1 rings (SSSR count). The molecule has 1 aromatic rings. The molecule has 1 N–H and O–H groups in total. The van der Waals surface area contributed by atoms with E-state index in [2.05, 4.69) is 0 Å². The summed E-state index contributed by atoms with van der Waals surface area (Å²) in [5, 5.41) is 9.29. The largest absolute Gasteiger partial charge is 0.507 e. The Hall–Kier alpha value is -1.35. The topological polar surface area (TPSA) is 54.4 Å². The van der Waals surface area contributed by atoms with Crippen molar-refractivity contribution in [2.45, 2.75) is 5.88 Å². The Morgan fingerprint density at radius 3 is 2.46 bits per heavy atom. The minimum atomic E-state index is -0.213. The predicted molar refractivity (Wildman–Crippen MR) is 48.4 cm³/mol. The number of alkyl halides is 1. The lowest BCUT2D eigenvalue weighted by Crippen LogP contribution is -1.93. The van der Waals surface area contributed by atoms with Crippen molar-refractivity contribution >= 4 is 24.2 Å². The molecule has 68 valence electrons. The fourth-order valence-electron chi connectivity index (χ4n) is 1.02. The first-order valence-corrected chi connectivity index (χ1v) is 4.08. The van der Waals surface area contributed by atoms with Crippen LogP contribution in [0.4, 0.5) is 0 Å². The fourth-order valence-corrected chi connectivity index (χ4v) is 1.18. The predicted octanol–water partition coefficient (Wildman–Crippen LogP) is 1.76. The van der Waals surface area contributed by atoms with Gasteiger partial charge in [0.25, 0.3) is 0 Å². The third kappa shape index (κ3) is 1.87. The van der Waals surface area contributed by atoms with E-state index in [1.54, 1.807) is 0 Å². The normalized spacial score (nSPS) is 9.62. The zero-order chi connectivity index (χ0) is 9.84. The first-order valence-electron chi connectivity index (χ1n) is 3.55. The highest BCUT2D eigenvalue weighted by atomic mass is 35.5. The van der Waals surface area contributed by atoms with Crippen molar-refractivity contribution in [3.05, 3.63) is 28.8 Å². The van der Waals surface area contributed by atoms with Gasteiger partial charge in [-0.1, -0.05) is 0 Å². The Bertz CT molecular complexity index is 347. The molecular weight excluding hydrogens is 192 g/mol. The Labute approximate surface area is 79.9 Å². The molecule has 4 heteroatoms. The van der Waals surface area contributed by atoms with E-state index in [1.807, 2.05) is 0 Å². The van der Waals surface area contributed by atoms with Gasteiger partial charge in [-0.2, -0.15) is 0 Å². The van der Waals surface area contributed by atoms with Gasteiger partial charge in [0.1, 0.15) is 5.75 Å². The molecule has 3 nitrogen and oxygen atoms in total. The van der Waals surface area contributed by atoms with E-state index in [4.69, 9.17) is 11.6 Å². The summed E-state index contributed by atoms with van der Waals surface area (Å²) in [6.07, 6.45) is 0.955. The van der Waals surface area contributed by atoms with Gasteiger partial charge >= 0.3 is 0 Å². The number of aromatic hydroxyl groups is 1. The summed E-state index contributed by atoms with van der Waals surface area (Å²) < 4.78 is 0. The maximum absolute atomic E-state index is 10.5. The molecule has 0 heterocycles. The number of phenols is 1. The second-order valence-electron chi connectivity index (χ2n) is 2.49. The monoisotopic (exact) mass is 198 g/mol. The fraction of sp³-hybridized carbons (Fsp3) is 0.111. The Kier molecular flexibility index (Phi) is 3.03. The van der Waals surface area contributed by atoms with Crippen LogP contribution < -0.4 is 0 Å². The number of hydrogen-bond acceptors (Lipinski definition) is 3. The highest BCUT2D eigenvalue weighted by Gasteiger charge is 2.08. The molecule has 0 aromatic heterocycles. The molecular formula is C9H7ClO3.